The largest absolute Gasteiger partial charge is 0.453 e. The fraction of sp³-hybridized carbons (Fsp3) is 0.471. The SMILES string of the molecule is CCCN1CCN(CC(=O)c2cc3ccccc3o2)CC1. The lowest BCUT2D eigenvalue weighted by molar-refractivity contribution is 0.0829. The van der Waals surface area contributed by atoms with Crippen LogP contribution in [0.5, 0.6) is 0 Å². The molecule has 0 aliphatic carbocycles. The van der Waals surface area contributed by atoms with Crippen molar-refractivity contribution in [2.24, 2.45) is 0 Å². The summed E-state index contributed by atoms with van der Waals surface area (Å²) in [5.74, 6) is 0.558. The molecule has 0 atom stereocenters. The van der Waals surface area contributed by atoms with Gasteiger partial charge in [-0.05, 0) is 25.1 Å². The van der Waals surface area contributed by atoms with Crippen molar-refractivity contribution in [3.05, 3.63) is 36.1 Å². The topological polar surface area (TPSA) is 36.7 Å². The Balaban J connectivity index is 1.59. The van der Waals surface area contributed by atoms with Gasteiger partial charge in [-0.25, -0.2) is 0 Å². The summed E-state index contributed by atoms with van der Waals surface area (Å²) in [5, 5.41) is 0.994. The van der Waals surface area contributed by atoms with E-state index in [9.17, 15) is 4.79 Å². The molecule has 0 amide bonds. The normalized spacial score (nSPS) is 17.4. The first-order valence-electron chi connectivity index (χ1n) is 7.73. The average molecular weight is 286 g/mol. The molecular formula is C17H22N2O2. The smallest absolute Gasteiger partial charge is 0.211 e. The first kappa shape index (κ1) is 14.3. The number of para-hydroxylation sites is 1. The van der Waals surface area contributed by atoms with Gasteiger partial charge < -0.3 is 9.32 Å². The van der Waals surface area contributed by atoms with Crippen LogP contribution in [0.3, 0.4) is 0 Å². The van der Waals surface area contributed by atoms with Crippen LogP contribution in [0, 0.1) is 0 Å². The third kappa shape index (κ3) is 3.34. The Hall–Kier alpha value is -1.65. The molecule has 4 nitrogen and oxygen atoms in total. The van der Waals surface area contributed by atoms with Gasteiger partial charge in [0.05, 0.1) is 6.54 Å². The van der Waals surface area contributed by atoms with E-state index in [1.165, 1.54) is 6.42 Å². The molecule has 2 aromatic rings. The highest BCUT2D eigenvalue weighted by Crippen LogP contribution is 2.19. The van der Waals surface area contributed by atoms with Gasteiger partial charge in [0.1, 0.15) is 5.58 Å². The summed E-state index contributed by atoms with van der Waals surface area (Å²) in [6.45, 7) is 7.86. The quantitative estimate of drug-likeness (QED) is 0.792. The van der Waals surface area contributed by atoms with Crippen LogP contribution < -0.4 is 0 Å². The molecule has 1 aromatic heterocycles. The van der Waals surface area contributed by atoms with E-state index in [0.717, 1.165) is 43.7 Å². The van der Waals surface area contributed by atoms with Crippen molar-refractivity contribution in [1.29, 1.82) is 0 Å². The Labute approximate surface area is 125 Å². The number of ketones is 1. The molecule has 0 N–H and O–H groups in total. The molecule has 2 heterocycles. The van der Waals surface area contributed by atoms with Crippen LogP contribution >= 0.6 is 0 Å². The number of furan rings is 1. The molecule has 1 saturated heterocycles. The minimum absolute atomic E-state index is 0.0788. The molecule has 1 aliphatic rings. The Morgan fingerprint density at radius 1 is 1.14 bits per heavy atom. The van der Waals surface area contributed by atoms with Gasteiger partial charge in [-0.2, -0.15) is 0 Å². The van der Waals surface area contributed by atoms with Crippen LogP contribution in [0.4, 0.5) is 0 Å². The summed E-state index contributed by atoms with van der Waals surface area (Å²) < 4.78 is 5.64. The lowest BCUT2D eigenvalue weighted by atomic mass is 10.2. The second-order valence-corrected chi connectivity index (χ2v) is 5.69. The van der Waals surface area contributed by atoms with E-state index in [1.807, 2.05) is 30.3 Å². The Morgan fingerprint density at radius 2 is 1.86 bits per heavy atom. The summed E-state index contributed by atoms with van der Waals surface area (Å²) in [7, 11) is 0. The van der Waals surface area contributed by atoms with Crippen molar-refractivity contribution in [3.8, 4) is 0 Å². The van der Waals surface area contributed by atoms with Gasteiger partial charge in [0.15, 0.2) is 5.76 Å². The number of carbonyl (C=O) groups excluding carboxylic acids is 1. The number of carbonyl (C=O) groups is 1. The predicted molar refractivity (Wildman–Crippen MR) is 83.7 cm³/mol. The van der Waals surface area contributed by atoms with E-state index in [4.69, 9.17) is 4.42 Å². The molecule has 0 radical (unpaired) electrons. The van der Waals surface area contributed by atoms with Crippen LogP contribution in [-0.4, -0.2) is 54.9 Å². The minimum atomic E-state index is 0.0788. The molecule has 4 heteroatoms. The zero-order valence-electron chi connectivity index (χ0n) is 12.5. The highest BCUT2D eigenvalue weighted by molar-refractivity contribution is 5.98. The molecular weight excluding hydrogens is 264 g/mol. The second kappa shape index (κ2) is 6.41. The molecule has 3 rings (SSSR count). The zero-order valence-corrected chi connectivity index (χ0v) is 12.5. The van der Waals surface area contributed by atoms with Crippen LogP contribution in [0.2, 0.25) is 0 Å². The lowest BCUT2D eigenvalue weighted by Gasteiger charge is -2.33. The van der Waals surface area contributed by atoms with E-state index in [2.05, 4.69) is 16.7 Å². The summed E-state index contributed by atoms with van der Waals surface area (Å²) in [5.41, 5.74) is 0.786. The molecule has 1 fully saturated rings. The molecule has 112 valence electrons. The fourth-order valence-electron chi connectivity index (χ4n) is 2.89. The number of piperazine rings is 1. The molecule has 1 aliphatic heterocycles. The summed E-state index contributed by atoms with van der Waals surface area (Å²) in [4.78, 5) is 17.0. The van der Waals surface area contributed by atoms with Crippen molar-refractivity contribution in [3.63, 3.8) is 0 Å². The minimum Gasteiger partial charge on any atom is -0.453 e. The Morgan fingerprint density at radius 3 is 2.57 bits per heavy atom. The van der Waals surface area contributed by atoms with Gasteiger partial charge in [0.25, 0.3) is 0 Å². The van der Waals surface area contributed by atoms with Crippen molar-refractivity contribution >= 4 is 16.8 Å². The van der Waals surface area contributed by atoms with Gasteiger partial charge in [0, 0.05) is 31.6 Å². The van der Waals surface area contributed by atoms with E-state index >= 15 is 0 Å². The first-order chi connectivity index (χ1) is 10.3. The maximum absolute atomic E-state index is 12.3. The monoisotopic (exact) mass is 286 g/mol. The van der Waals surface area contributed by atoms with E-state index < -0.39 is 0 Å². The van der Waals surface area contributed by atoms with Crippen LogP contribution in [0.1, 0.15) is 23.9 Å². The standard InChI is InChI=1S/C17H22N2O2/c1-2-7-18-8-10-19(11-9-18)13-15(20)17-12-14-5-3-4-6-16(14)21-17/h3-6,12H,2,7-11,13H2,1H3. The van der Waals surface area contributed by atoms with E-state index in [1.54, 1.807) is 0 Å². The summed E-state index contributed by atoms with van der Waals surface area (Å²) >= 11 is 0. The molecule has 1 aromatic carbocycles. The van der Waals surface area contributed by atoms with Crippen molar-refractivity contribution in [2.75, 3.05) is 39.3 Å². The van der Waals surface area contributed by atoms with Crippen molar-refractivity contribution in [1.82, 2.24) is 9.80 Å². The third-order valence-electron chi connectivity index (χ3n) is 4.07. The maximum Gasteiger partial charge on any atom is 0.211 e. The Bertz CT molecular complexity index is 579. The first-order valence-corrected chi connectivity index (χ1v) is 7.73. The van der Waals surface area contributed by atoms with E-state index in [0.29, 0.717) is 12.3 Å². The summed E-state index contributed by atoms with van der Waals surface area (Å²) in [6.07, 6.45) is 1.19. The number of hydrogen-bond acceptors (Lipinski definition) is 4. The molecule has 0 saturated carbocycles. The number of nitrogens with zero attached hydrogens (tertiary/aromatic N) is 2. The van der Waals surface area contributed by atoms with Gasteiger partial charge in [-0.15, -0.1) is 0 Å². The predicted octanol–water partition coefficient (Wildman–Crippen LogP) is 2.64. The van der Waals surface area contributed by atoms with Gasteiger partial charge in [0.2, 0.25) is 5.78 Å². The lowest BCUT2D eigenvalue weighted by Crippen LogP contribution is -2.47. The van der Waals surface area contributed by atoms with Crippen molar-refractivity contribution < 1.29 is 9.21 Å². The number of Topliss-reactive ketones (excluding diaryl/α,β-unsaturated/α-hetero) is 1. The molecule has 0 unspecified atom stereocenters. The Kier molecular flexibility index (Phi) is 4.36. The number of rotatable bonds is 5. The molecule has 21 heavy (non-hydrogen) atoms. The third-order valence-corrected chi connectivity index (χ3v) is 4.07. The number of benzene rings is 1. The highest BCUT2D eigenvalue weighted by Gasteiger charge is 2.20. The number of hydrogen-bond donors (Lipinski definition) is 0. The molecule has 0 spiro atoms. The highest BCUT2D eigenvalue weighted by atomic mass is 16.3. The van der Waals surface area contributed by atoms with Crippen molar-refractivity contribution in [2.45, 2.75) is 13.3 Å². The van der Waals surface area contributed by atoms with E-state index in [-0.39, 0.29) is 5.78 Å². The van der Waals surface area contributed by atoms with Crippen LogP contribution in [0.25, 0.3) is 11.0 Å². The average Bonchev–Trinajstić information content (AvgIpc) is 2.94. The summed E-state index contributed by atoms with van der Waals surface area (Å²) in [6, 6.07) is 9.60. The van der Waals surface area contributed by atoms with Gasteiger partial charge in [-0.3, -0.25) is 9.69 Å². The fourth-order valence-corrected chi connectivity index (χ4v) is 2.89. The maximum atomic E-state index is 12.3. The van der Waals surface area contributed by atoms with Gasteiger partial charge >= 0.3 is 0 Å². The molecule has 0 bridgehead atoms. The van der Waals surface area contributed by atoms with Gasteiger partial charge in [-0.1, -0.05) is 25.1 Å². The second-order valence-electron chi connectivity index (χ2n) is 5.69. The zero-order chi connectivity index (χ0) is 14.7. The number of fused-ring (bicyclic) bond motifs is 1. The van der Waals surface area contributed by atoms with Crippen LogP contribution in [-0.2, 0) is 0 Å². The van der Waals surface area contributed by atoms with Crippen LogP contribution in [0.15, 0.2) is 34.7 Å².